The summed E-state index contributed by atoms with van der Waals surface area (Å²) in [5.41, 5.74) is 1.15. The van der Waals surface area contributed by atoms with Gasteiger partial charge in [-0.1, -0.05) is 6.92 Å². The second-order valence-corrected chi connectivity index (χ2v) is 9.36. The van der Waals surface area contributed by atoms with Crippen molar-refractivity contribution in [2.45, 2.75) is 52.1 Å². The van der Waals surface area contributed by atoms with Gasteiger partial charge in [0, 0.05) is 18.0 Å². The zero-order valence-corrected chi connectivity index (χ0v) is 17.3. The van der Waals surface area contributed by atoms with Crippen molar-refractivity contribution in [2.24, 2.45) is 5.92 Å². The molecule has 1 aliphatic heterocycles. The van der Waals surface area contributed by atoms with Crippen LogP contribution in [0.4, 0.5) is 0 Å². The molecule has 0 spiro atoms. The number of amides is 1. The van der Waals surface area contributed by atoms with Crippen LogP contribution in [0.15, 0.2) is 4.79 Å². The summed E-state index contributed by atoms with van der Waals surface area (Å²) in [5.74, 6) is 1.39. The quantitative estimate of drug-likeness (QED) is 0.806. The van der Waals surface area contributed by atoms with E-state index in [0.29, 0.717) is 18.3 Å². The summed E-state index contributed by atoms with van der Waals surface area (Å²) >= 11 is 1.67. The molecule has 2 aliphatic rings. The number of hydrogen-bond acceptors (Lipinski definition) is 5. The molecule has 27 heavy (non-hydrogen) atoms. The van der Waals surface area contributed by atoms with Crippen molar-refractivity contribution in [1.82, 2.24) is 19.4 Å². The molecule has 0 N–H and O–H groups in total. The van der Waals surface area contributed by atoms with Crippen molar-refractivity contribution in [3.8, 4) is 0 Å². The first-order valence-corrected chi connectivity index (χ1v) is 10.7. The molecule has 3 heterocycles. The highest BCUT2D eigenvalue weighted by atomic mass is 32.1. The predicted molar refractivity (Wildman–Crippen MR) is 108 cm³/mol. The van der Waals surface area contributed by atoms with Crippen LogP contribution in [0.5, 0.6) is 0 Å². The van der Waals surface area contributed by atoms with Crippen LogP contribution in [0.1, 0.15) is 42.5 Å². The first-order chi connectivity index (χ1) is 12.9. The summed E-state index contributed by atoms with van der Waals surface area (Å²) in [6.07, 6.45) is 5.20. The number of aryl methyl sites for hydroxylation is 1. The maximum atomic E-state index is 13.4. The lowest BCUT2D eigenvalue weighted by atomic mass is 9.89. The number of nitrogens with zero attached hydrogens (tertiary/aromatic N) is 4. The Kier molecular flexibility index (Phi) is 5.07. The lowest BCUT2D eigenvalue weighted by Gasteiger charge is -2.20. The van der Waals surface area contributed by atoms with Crippen LogP contribution in [0.2, 0.25) is 0 Å². The van der Waals surface area contributed by atoms with Gasteiger partial charge in [-0.15, -0.1) is 11.3 Å². The minimum absolute atomic E-state index is 0.0311. The lowest BCUT2D eigenvalue weighted by Crippen LogP contribution is -2.37. The zero-order valence-electron chi connectivity index (χ0n) is 16.5. The van der Waals surface area contributed by atoms with Gasteiger partial charge in [-0.05, 0) is 57.7 Å². The molecule has 1 amide bonds. The average Bonchev–Trinajstić information content (AvgIpc) is 3.24. The van der Waals surface area contributed by atoms with Crippen LogP contribution >= 0.6 is 11.3 Å². The maximum Gasteiger partial charge on any atom is 0.263 e. The van der Waals surface area contributed by atoms with Crippen molar-refractivity contribution in [2.75, 3.05) is 27.2 Å². The van der Waals surface area contributed by atoms with E-state index in [-0.39, 0.29) is 18.0 Å². The highest BCUT2D eigenvalue weighted by molar-refractivity contribution is 7.18. The number of aromatic nitrogens is 2. The van der Waals surface area contributed by atoms with Gasteiger partial charge in [-0.3, -0.25) is 14.2 Å². The molecule has 0 aromatic carbocycles. The molecule has 146 valence electrons. The van der Waals surface area contributed by atoms with E-state index in [0.717, 1.165) is 55.4 Å². The largest absolute Gasteiger partial charge is 0.341 e. The van der Waals surface area contributed by atoms with Gasteiger partial charge in [-0.2, -0.15) is 0 Å². The van der Waals surface area contributed by atoms with Crippen molar-refractivity contribution in [1.29, 1.82) is 0 Å². The highest BCUT2D eigenvalue weighted by Crippen LogP contribution is 2.35. The summed E-state index contributed by atoms with van der Waals surface area (Å²) in [6, 6.07) is 0. The SMILES string of the molecule is CC1CCc2c(sc3nc(CN(C)C)n(CC(=O)N4CCCC4)c(=O)c23)C1. The number of carbonyl (C=O) groups is 1. The fraction of sp³-hybridized carbons (Fsp3) is 0.650. The van der Waals surface area contributed by atoms with Crippen molar-refractivity contribution in [3.63, 3.8) is 0 Å². The highest BCUT2D eigenvalue weighted by Gasteiger charge is 2.26. The smallest absolute Gasteiger partial charge is 0.263 e. The third-order valence-corrected chi connectivity index (χ3v) is 6.85. The number of rotatable bonds is 4. The molecule has 2 aromatic rings. The Balaban J connectivity index is 1.80. The molecular formula is C20H28N4O2S. The third kappa shape index (κ3) is 3.55. The zero-order chi connectivity index (χ0) is 19.1. The topological polar surface area (TPSA) is 58.4 Å². The Morgan fingerprint density at radius 1 is 1.30 bits per heavy atom. The molecule has 2 aromatic heterocycles. The Hall–Kier alpha value is -1.73. The van der Waals surface area contributed by atoms with Crippen LogP contribution in [0.3, 0.4) is 0 Å². The van der Waals surface area contributed by atoms with Crippen molar-refractivity contribution < 1.29 is 4.79 Å². The summed E-state index contributed by atoms with van der Waals surface area (Å²) in [7, 11) is 3.92. The number of likely N-dealkylation sites (tertiary alicyclic amines) is 1. The van der Waals surface area contributed by atoms with E-state index in [1.165, 1.54) is 10.4 Å². The van der Waals surface area contributed by atoms with E-state index in [1.807, 2.05) is 23.9 Å². The molecule has 1 saturated heterocycles. The number of thiophene rings is 1. The van der Waals surface area contributed by atoms with E-state index in [9.17, 15) is 9.59 Å². The Labute approximate surface area is 163 Å². The molecule has 0 bridgehead atoms. The maximum absolute atomic E-state index is 13.4. The van der Waals surface area contributed by atoms with Gasteiger partial charge in [0.05, 0.1) is 11.9 Å². The Morgan fingerprint density at radius 2 is 2.04 bits per heavy atom. The standard InChI is InChI=1S/C20H28N4O2S/c1-13-6-7-14-15(10-13)27-19-18(14)20(26)24(16(21-19)11-22(2)3)12-17(25)23-8-4-5-9-23/h13H,4-12H2,1-3H3. The number of fused-ring (bicyclic) bond motifs is 3. The fourth-order valence-corrected chi connectivity index (χ4v) is 5.63. The van der Waals surface area contributed by atoms with Crippen LogP contribution in [-0.2, 0) is 30.7 Å². The first kappa shape index (κ1) is 18.6. The molecule has 1 aliphatic carbocycles. The summed E-state index contributed by atoms with van der Waals surface area (Å²) in [4.78, 5) is 37.1. The molecular weight excluding hydrogens is 360 g/mol. The van der Waals surface area contributed by atoms with Gasteiger partial charge >= 0.3 is 0 Å². The van der Waals surface area contributed by atoms with Crippen molar-refractivity contribution in [3.05, 3.63) is 26.6 Å². The molecule has 1 atom stereocenters. The van der Waals surface area contributed by atoms with Crippen LogP contribution in [0.25, 0.3) is 10.2 Å². The van der Waals surface area contributed by atoms with E-state index in [1.54, 1.807) is 15.9 Å². The monoisotopic (exact) mass is 388 g/mol. The van der Waals surface area contributed by atoms with E-state index < -0.39 is 0 Å². The van der Waals surface area contributed by atoms with Gasteiger partial charge < -0.3 is 9.80 Å². The van der Waals surface area contributed by atoms with Crippen LogP contribution in [0, 0.1) is 5.92 Å². The number of hydrogen-bond donors (Lipinski definition) is 0. The molecule has 1 unspecified atom stereocenters. The second kappa shape index (κ2) is 7.36. The first-order valence-electron chi connectivity index (χ1n) is 9.90. The molecule has 0 saturated carbocycles. The lowest BCUT2D eigenvalue weighted by molar-refractivity contribution is -0.130. The minimum Gasteiger partial charge on any atom is -0.341 e. The molecule has 7 heteroatoms. The molecule has 1 fully saturated rings. The predicted octanol–water partition coefficient (Wildman–Crippen LogP) is 2.27. The van der Waals surface area contributed by atoms with Crippen LogP contribution < -0.4 is 5.56 Å². The van der Waals surface area contributed by atoms with Crippen LogP contribution in [-0.4, -0.2) is 52.4 Å². The van der Waals surface area contributed by atoms with E-state index in [2.05, 4.69) is 6.92 Å². The Bertz CT molecular complexity index is 924. The van der Waals surface area contributed by atoms with Gasteiger partial charge in [0.25, 0.3) is 5.56 Å². The van der Waals surface area contributed by atoms with E-state index >= 15 is 0 Å². The summed E-state index contributed by atoms with van der Waals surface area (Å²) in [5, 5.41) is 0.763. The van der Waals surface area contributed by atoms with E-state index in [4.69, 9.17) is 4.98 Å². The fourth-order valence-electron chi connectivity index (χ4n) is 4.23. The second-order valence-electron chi connectivity index (χ2n) is 8.28. The minimum atomic E-state index is -0.0311. The van der Waals surface area contributed by atoms with Gasteiger partial charge in [0.2, 0.25) is 5.91 Å². The van der Waals surface area contributed by atoms with Gasteiger partial charge in [-0.25, -0.2) is 4.98 Å². The van der Waals surface area contributed by atoms with Gasteiger partial charge in [0.15, 0.2) is 0 Å². The summed E-state index contributed by atoms with van der Waals surface area (Å²) in [6.45, 7) is 4.53. The summed E-state index contributed by atoms with van der Waals surface area (Å²) < 4.78 is 1.63. The molecule has 0 radical (unpaired) electrons. The molecule has 4 rings (SSSR count). The normalized spacial score (nSPS) is 19.9. The van der Waals surface area contributed by atoms with Crippen molar-refractivity contribution >= 4 is 27.5 Å². The number of carbonyl (C=O) groups excluding carboxylic acids is 1. The average molecular weight is 389 g/mol. The van der Waals surface area contributed by atoms with Gasteiger partial charge in [0.1, 0.15) is 17.2 Å². The third-order valence-electron chi connectivity index (χ3n) is 5.70. The Morgan fingerprint density at radius 3 is 2.74 bits per heavy atom. The molecule has 6 nitrogen and oxygen atoms in total.